The molecule has 0 fully saturated rings. The van der Waals surface area contributed by atoms with Gasteiger partial charge in [-0.15, -0.1) is 0 Å². The minimum Gasteiger partial charge on any atom is -0.273 e. The molecule has 0 aliphatic rings. The van der Waals surface area contributed by atoms with E-state index in [1.165, 1.54) is 0 Å². The van der Waals surface area contributed by atoms with Crippen molar-refractivity contribution in [2.24, 2.45) is 0 Å². The van der Waals surface area contributed by atoms with Gasteiger partial charge in [-0.25, -0.2) is 0 Å². The van der Waals surface area contributed by atoms with Crippen LogP contribution in [0.4, 0.5) is 0 Å². The molecule has 0 aliphatic carbocycles. The van der Waals surface area contributed by atoms with Gasteiger partial charge in [0.05, 0.1) is 17.4 Å². The van der Waals surface area contributed by atoms with E-state index in [-0.39, 0.29) is 0 Å². The van der Waals surface area contributed by atoms with Gasteiger partial charge in [-0.05, 0) is 24.4 Å². The van der Waals surface area contributed by atoms with Crippen LogP contribution in [0.15, 0.2) is 42.9 Å². The van der Waals surface area contributed by atoms with Crippen molar-refractivity contribution in [2.45, 2.75) is 0 Å². The first-order valence-electron chi connectivity index (χ1n) is 4.82. The summed E-state index contributed by atoms with van der Waals surface area (Å²) in [5, 5.41) is 7.69. The summed E-state index contributed by atoms with van der Waals surface area (Å²) < 4.78 is 2.35. The third-order valence-corrected chi connectivity index (χ3v) is 2.69. The largest absolute Gasteiger partial charge is 0.273 e. The molecule has 16 heavy (non-hydrogen) atoms. The molecule has 0 amide bonds. The Morgan fingerprint density at radius 1 is 1.25 bits per heavy atom. The second-order valence-electron chi connectivity index (χ2n) is 3.42. The van der Waals surface area contributed by atoms with Gasteiger partial charge < -0.3 is 0 Å². The number of aromatic nitrogens is 4. The number of benzene rings is 1. The molecular formula is C11H8N4S. The van der Waals surface area contributed by atoms with Gasteiger partial charge in [0.1, 0.15) is 6.33 Å². The van der Waals surface area contributed by atoms with Crippen molar-refractivity contribution >= 4 is 23.1 Å². The van der Waals surface area contributed by atoms with Gasteiger partial charge >= 0.3 is 0 Å². The van der Waals surface area contributed by atoms with Crippen LogP contribution in [0.25, 0.3) is 16.6 Å². The molecule has 0 bridgehead atoms. The maximum Gasteiger partial charge on any atom is 0.199 e. The minimum atomic E-state index is 0.567. The maximum absolute atomic E-state index is 5.11. The fraction of sp³-hybridized carbons (Fsp3) is 0. The molecule has 0 saturated heterocycles. The first-order chi connectivity index (χ1) is 7.84. The monoisotopic (exact) mass is 228 g/mol. The minimum absolute atomic E-state index is 0.567. The van der Waals surface area contributed by atoms with Crippen LogP contribution in [0.5, 0.6) is 0 Å². The molecule has 5 heteroatoms. The third-order valence-electron chi connectivity index (χ3n) is 2.41. The van der Waals surface area contributed by atoms with Crippen LogP contribution in [0.3, 0.4) is 0 Å². The van der Waals surface area contributed by atoms with E-state index in [1.54, 1.807) is 17.1 Å². The quantitative estimate of drug-likeness (QED) is 0.651. The van der Waals surface area contributed by atoms with E-state index in [2.05, 4.69) is 15.2 Å². The second-order valence-corrected chi connectivity index (χ2v) is 3.80. The van der Waals surface area contributed by atoms with E-state index >= 15 is 0 Å². The van der Waals surface area contributed by atoms with E-state index in [1.807, 2.05) is 30.3 Å². The third kappa shape index (κ3) is 1.42. The molecule has 0 spiro atoms. The summed E-state index contributed by atoms with van der Waals surface area (Å²) >= 11 is 5.11. The smallest absolute Gasteiger partial charge is 0.199 e. The van der Waals surface area contributed by atoms with Crippen molar-refractivity contribution in [1.82, 2.24) is 19.7 Å². The Morgan fingerprint density at radius 3 is 2.94 bits per heavy atom. The van der Waals surface area contributed by atoms with Crippen LogP contribution in [-0.2, 0) is 0 Å². The number of nitrogens with zero attached hydrogens (tertiary/aromatic N) is 3. The summed E-state index contributed by atoms with van der Waals surface area (Å²) in [6.45, 7) is 0. The van der Waals surface area contributed by atoms with Crippen molar-refractivity contribution in [3.8, 4) is 5.69 Å². The molecule has 0 saturated carbocycles. The number of pyridine rings is 1. The molecule has 0 aliphatic heterocycles. The molecule has 3 rings (SSSR count). The van der Waals surface area contributed by atoms with Crippen molar-refractivity contribution < 1.29 is 0 Å². The highest BCUT2D eigenvalue weighted by Crippen LogP contribution is 2.15. The van der Waals surface area contributed by atoms with Crippen molar-refractivity contribution in [2.75, 3.05) is 0 Å². The van der Waals surface area contributed by atoms with Gasteiger partial charge in [0, 0.05) is 5.39 Å². The number of rotatable bonds is 1. The number of hydrogen-bond donors (Lipinski definition) is 1. The highest BCUT2D eigenvalue weighted by atomic mass is 32.1. The average molecular weight is 228 g/mol. The number of aromatic amines is 1. The van der Waals surface area contributed by atoms with Crippen LogP contribution >= 0.6 is 12.2 Å². The molecule has 3 aromatic rings. The van der Waals surface area contributed by atoms with Gasteiger partial charge in [0.15, 0.2) is 4.77 Å². The Kier molecular flexibility index (Phi) is 2.04. The summed E-state index contributed by atoms with van der Waals surface area (Å²) in [4.78, 5) is 4.37. The summed E-state index contributed by atoms with van der Waals surface area (Å²) in [5.74, 6) is 0. The SMILES string of the molecule is S=c1[nH]ncn1-c1cnc2ccccc2c1. The standard InChI is InChI=1S/C11H8N4S/c16-11-14-13-7-15(11)9-5-8-3-1-2-4-10(8)12-6-9/h1-7H,(H,14,16). The Hall–Kier alpha value is -2.01. The van der Waals surface area contributed by atoms with Gasteiger partial charge in [-0.3, -0.25) is 14.6 Å². The zero-order chi connectivity index (χ0) is 11.0. The van der Waals surface area contributed by atoms with Crippen LogP contribution in [0.1, 0.15) is 0 Å². The van der Waals surface area contributed by atoms with E-state index in [0.717, 1.165) is 16.6 Å². The molecule has 4 nitrogen and oxygen atoms in total. The molecule has 2 heterocycles. The Morgan fingerprint density at radius 2 is 2.12 bits per heavy atom. The molecule has 0 unspecified atom stereocenters. The average Bonchev–Trinajstić information content (AvgIpc) is 2.75. The molecule has 0 radical (unpaired) electrons. The van der Waals surface area contributed by atoms with Crippen molar-refractivity contribution in [3.05, 3.63) is 47.6 Å². The zero-order valence-electron chi connectivity index (χ0n) is 8.29. The number of para-hydroxylation sites is 1. The summed E-state index contributed by atoms with van der Waals surface area (Å²) in [6, 6.07) is 10.00. The van der Waals surface area contributed by atoms with Crippen molar-refractivity contribution in [1.29, 1.82) is 0 Å². The van der Waals surface area contributed by atoms with Gasteiger partial charge in [-0.1, -0.05) is 18.2 Å². The maximum atomic E-state index is 5.11. The first kappa shape index (κ1) is 9.23. The second kappa shape index (κ2) is 3.53. The fourth-order valence-corrected chi connectivity index (χ4v) is 1.83. The lowest BCUT2D eigenvalue weighted by molar-refractivity contribution is 1.02. The van der Waals surface area contributed by atoms with Crippen LogP contribution in [0, 0.1) is 4.77 Å². The molecule has 78 valence electrons. The van der Waals surface area contributed by atoms with E-state index in [4.69, 9.17) is 12.2 Å². The summed E-state index contributed by atoms with van der Waals surface area (Å²) in [7, 11) is 0. The van der Waals surface area contributed by atoms with Crippen LogP contribution < -0.4 is 0 Å². The molecule has 0 atom stereocenters. The Bertz CT molecular complexity index is 698. The molecule has 1 N–H and O–H groups in total. The summed E-state index contributed by atoms with van der Waals surface area (Å²) in [5.41, 5.74) is 1.89. The normalized spacial score (nSPS) is 10.8. The molecule has 1 aromatic carbocycles. The topological polar surface area (TPSA) is 46.5 Å². The van der Waals surface area contributed by atoms with Gasteiger partial charge in [0.2, 0.25) is 0 Å². The molecule has 2 aromatic heterocycles. The van der Waals surface area contributed by atoms with Crippen LogP contribution in [-0.4, -0.2) is 19.7 Å². The lowest BCUT2D eigenvalue weighted by Crippen LogP contribution is -1.93. The van der Waals surface area contributed by atoms with Gasteiger partial charge in [-0.2, -0.15) is 5.10 Å². The lowest BCUT2D eigenvalue weighted by Gasteiger charge is -2.02. The molecular weight excluding hydrogens is 220 g/mol. The predicted molar refractivity (Wildman–Crippen MR) is 64.0 cm³/mol. The summed E-state index contributed by atoms with van der Waals surface area (Å²) in [6.07, 6.45) is 3.43. The van der Waals surface area contributed by atoms with Crippen LogP contribution in [0.2, 0.25) is 0 Å². The Labute approximate surface area is 96.6 Å². The first-order valence-corrected chi connectivity index (χ1v) is 5.22. The lowest BCUT2D eigenvalue weighted by atomic mass is 10.2. The number of H-pyrrole nitrogens is 1. The number of nitrogens with one attached hydrogen (secondary N) is 1. The fourth-order valence-electron chi connectivity index (χ4n) is 1.62. The number of hydrogen-bond acceptors (Lipinski definition) is 3. The Balaban J connectivity index is 2.27. The number of fused-ring (bicyclic) bond motifs is 1. The van der Waals surface area contributed by atoms with Crippen molar-refractivity contribution in [3.63, 3.8) is 0 Å². The van der Waals surface area contributed by atoms with E-state index < -0.39 is 0 Å². The highest BCUT2D eigenvalue weighted by molar-refractivity contribution is 7.71. The highest BCUT2D eigenvalue weighted by Gasteiger charge is 2.00. The van der Waals surface area contributed by atoms with Gasteiger partial charge in [0.25, 0.3) is 0 Å². The predicted octanol–water partition coefficient (Wildman–Crippen LogP) is 2.48. The van der Waals surface area contributed by atoms with E-state index in [0.29, 0.717) is 4.77 Å². The zero-order valence-corrected chi connectivity index (χ0v) is 9.11. The van der Waals surface area contributed by atoms with E-state index in [9.17, 15) is 0 Å².